The van der Waals surface area contributed by atoms with E-state index in [1.807, 2.05) is 24.3 Å². The van der Waals surface area contributed by atoms with Crippen molar-refractivity contribution < 1.29 is 8.78 Å². The van der Waals surface area contributed by atoms with E-state index < -0.39 is 17.7 Å². The van der Waals surface area contributed by atoms with Gasteiger partial charge in [0.1, 0.15) is 11.6 Å². The van der Waals surface area contributed by atoms with Gasteiger partial charge in [-0.2, -0.15) is 0 Å². The van der Waals surface area contributed by atoms with Gasteiger partial charge < -0.3 is 0 Å². The fourth-order valence-corrected chi connectivity index (χ4v) is 2.91. The molecule has 1 unspecified atom stereocenters. The molecule has 0 aliphatic rings. The molecule has 3 N–H and O–H groups in total. The molecule has 0 saturated heterocycles. The molecule has 0 saturated carbocycles. The third-order valence-electron chi connectivity index (χ3n) is 3.03. The molecule has 2 rings (SSSR count). The van der Waals surface area contributed by atoms with Gasteiger partial charge in [-0.1, -0.05) is 34.1 Å². The van der Waals surface area contributed by atoms with Crippen LogP contribution in [0.4, 0.5) is 8.78 Å². The average molecular weight is 406 g/mol. The van der Waals surface area contributed by atoms with E-state index in [1.54, 1.807) is 0 Å². The van der Waals surface area contributed by atoms with Crippen molar-refractivity contribution in [3.63, 3.8) is 0 Å². The minimum absolute atomic E-state index is 0.00178. The van der Waals surface area contributed by atoms with Crippen LogP contribution in [0.5, 0.6) is 0 Å². The molecule has 0 bridgehead atoms. The number of halogens is 4. The highest BCUT2D eigenvalue weighted by molar-refractivity contribution is 9.10. The highest BCUT2D eigenvalue weighted by atomic mass is 79.9. The van der Waals surface area contributed by atoms with Crippen LogP contribution in [-0.4, -0.2) is 0 Å². The van der Waals surface area contributed by atoms with Crippen molar-refractivity contribution in [3.8, 4) is 0 Å². The van der Waals surface area contributed by atoms with Gasteiger partial charge in [-0.05, 0) is 46.1 Å². The number of hydrazine groups is 1. The average Bonchev–Trinajstić information content (AvgIpc) is 2.45. The number of benzene rings is 2. The zero-order chi connectivity index (χ0) is 14.7. The lowest BCUT2D eigenvalue weighted by Gasteiger charge is -2.19. The van der Waals surface area contributed by atoms with Gasteiger partial charge >= 0.3 is 0 Å². The molecular formula is C14H12Br2F2N2. The maximum Gasteiger partial charge on any atom is 0.143 e. The summed E-state index contributed by atoms with van der Waals surface area (Å²) >= 11 is 6.47. The summed E-state index contributed by atoms with van der Waals surface area (Å²) in [4.78, 5) is 0. The lowest BCUT2D eigenvalue weighted by molar-refractivity contribution is 0.497. The molecule has 0 spiro atoms. The summed E-state index contributed by atoms with van der Waals surface area (Å²) in [6.07, 6.45) is 0.107. The van der Waals surface area contributed by atoms with Crippen molar-refractivity contribution in [2.24, 2.45) is 5.84 Å². The van der Waals surface area contributed by atoms with Crippen LogP contribution in [0.2, 0.25) is 0 Å². The Morgan fingerprint density at radius 2 is 1.75 bits per heavy atom. The van der Waals surface area contributed by atoms with Gasteiger partial charge in [-0.25, -0.2) is 8.78 Å². The Hall–Kier alpha value is -0.820. The van der Waals surface area contributed by atoms with E-state index in [0.29, 0.717) is 0 Å². The quantitative estimate of drug-likeness (QED) is 0.453. The Kier molecular flexibility index (Phi) is 5.26. The first kappa shape index (κ1) is 15.6. The van der Waals surface area contributed by atoms with Crippen molar-refractivity contribution in [1.82, 2.24) is 5.43 Å². The van der Waals surface area contributed by atoms with Crippen LogP contribution in [-0.2, 0) is 6.42 Å². The zero-order valence-electron chi connectivity index (χ0n) is 10.3. The van der Waals surface area contributed by atoms with Crippen LogP contribution in [0.3, 0.4) is 0 Å². The van der Waals surface area contributed by atoms with E-state index in [9.17, 15) is 8.78 Å². The van der Waals surface area contributed by atoms with Crippen molar-refractivity contribution in [1.29, 1.82) is 0 Å². The van der Waals surface area contributed by atoms with Gasteiger partial charge in [0.25, 0.3) is 0 Å². The number of hydrogen-bond acceptors (Lipinski definition) is 2. The Labute approximate surface area is 132 Å². The summed E-state index contributed by atoms with van der Waals surface area (Å²) < 4.78 is 28.9. The lowest BCUT2D eigenvalue weighted by Crippen LogP contribution is -2.30. The van der Waals surface area contributed by atoms with E-state index >= 15 is 0 Å². The summed E-state index contributed by atoms with van der Waals surface area (Å²) in [6.45, 7) is 0. The molecule has 0 aliphatic heterocycles. The minimum atomic E-state index is -0.600. The molecule has 2 aromatic carbocycles. The fourth-order valence-electron chi connectivity index (χ4n) is 1.98. The Morgan fingerprint density at radius 3 is 2.40 bits per heavy atom. The largest absolute Gasteiger partial charge is 0.271 e. The molecule has 2 aromatic rings. The number of rotatable bonds is 4. The van der Waals surface area contributed by atoms with Crippen LogP contribution in [0.15, 0.2) is 45.3 Å². The summed E-state index contributed by atoms with van der Waals surface area (Å²) in [5, 5.41) is 0. The van der Waals surface area contributed by atoms with Gasteiger partial charge in [-0.3, -0.25) is 11.3 Å². The lowest BCUT2D eigenvalue weighted by atomic mass is 9.98. The molecule has 0 aliphatic carbocycles. The SMILES string of the molecule is NNC(Cc1c(F)ccc(Br)c1F)c1ccccc1Br. The van der Waals surface area contributed by atoms with Crippen LogP contribution < -0.4 is 11.3 Å². The van der Waals surface area contributed by atoms with Gasteiger partial charge in [-0.15, -0.1) is 0 Å². The van der Waals surface area contributed by atoms with Gasteiger partial charge in [0, 0.05) is 10.0 Å². The number of hydrogen-bond donors (Lipinski definition) is 2. The van der Waals surface area contributed by atoms with Gasteiger partial charge in [0.15, 0.2) is 0 Å². The molecule has 0 amide bonds. The molecule has 0 radical (unpaired) electrons. The first-order valence-electron chi connectivity index (χ1n) is 5.87. The monoisotopic (exact) mass is 404 g/mol. The third-order valence-corrected chi connectivity index (χ3v) is 4.36. The fraction of sp³-hybridized carbons (Fsp3) is 0.143. The highest BCUT2D eigenvalue weighted by Gasteiger charge is 2.19. The summed E-state index contributed by atoms with van der Waals surface area (Å²) in [7, 11) is 0. The highest BCUT2D eigenvalue weighted by Crippen LogP contribution is 2.29. The second-order valence-electron chi connectivity index (χ2n) is 4.27. The third kappa shape index (κ3) is 3.25. The van der Waals surface area contributed by atoms with Gasteiger partial charge in [0.2, 0.25) is 0 Å². The molecule has 2 nitrogen and oxygen atoms in total. The van der Waals surface area contributed by atoms with Crippen molar-refractivity contribution in [2.45, 2.75) is 12.5 Å². The van der Waals surface area contributed by atoms with E-state index in [1.165, 1.54) is 12.1 Å². The van der Waals surface area contributed by atoms with Crippen LogP contribution in [0.25, 0.3) is 0 Å². The van der Waals surface area contributed by atoms with E-state index in [2.05, 4.69) is 37.3 Å². The number of nitrogens with one attached hydrogen (secondary N) is 1. The molecule has 0 heterocycles. The van der Waals surface area contributed by atoms with E-state index in [4.69, 9.17) is 5.84 Å². The summed E-state index contributed by atoms with van der Waals surface area (Å²) in [5.41, 5.74) is 3.44. The smallest absolute Gasteiger partial charge is 0.143 e. The zero-order valence-corrected chi connectivity index (χ0v) is 13.5. The Morgan fingerprint density at radius 1 is 1.05 bits per heavy atom. The molecule has 1 atom stereocenters. The summed E-state index contributed by atoms with van der Waals surface area (Å²) in [5.74, 6) is 4.35. The topological polar surface area (TPSA) is 38.0 Å². The van der Waals surface area contributed by atoms with Crippen LogP contribution in [0, 0.1) is 11.6 Å². The molecule has 6 heteroatoms. The van der Waals surface area contributed by atoms with Crippen molar-refractivity contribution in [3.05, 3.63) is 68.1 Å². The first-order chi connectivity index (χ1) is 9.54. The summed E-state index contributed by atoms with van der Waals surface area (Å²) in [6, 6.07) is 9.59. The molecule has 0 aromatic heterocycles. The normalized spacial score (nSPS) is 12.4. The molecule has 20 heavy (non-hydrogen) atoms. The second-order valence-corrected chi connectivity index (χ2v) is 5.98. The van der Waals surface area contributed by atoms with Crippen LogP contribution in [0.1, 0.15) is 17.2 Å². The van der Waals surface area contributed by atoms with Crippen molar-refractivity contribution in [2.75, 3.05) is 0 Å². The molecular weight excluding hydrogens is 394 g/mol. The minimum Gasteiger partial charge on any atom is -0.271 e. The van der Waals surface area contributed by atoms with E-state index in [-0.39, 0.29) is 16.5 Å². The maximum atomic E-state index is 14.0. The first-order valence-corrected chi connectivity index (χ1v) is 7.46. The molecule has 0 fully saturated rings. The van der Waals surface area contributed by atoms with Crippen LogP contribution >= 0.6 is 31.9 Å². The van der Waals surface area contributed by atoms with E-state index in [0.717, 1.165) is 10.0 Å². The maximum absolute atomic E-state index is 14.0. The second kappa shape index (κ2) is 6.76. The number of nitrogens with two attached hydrogens (primary N) is 1. The van der Waals surface area contributed by atoms with Crippen molar-refractivity contribution >= 4 is 31.9 Å². The molecule has 106 valence electrons. The van der Waals surface area contributed by atoms with Gasteiger partial charge in [0.05, 0.1) is 10.5 Å². The predicted octanol–water partition coefficient (Wildman–Crippen LogP) is 4.24. The standard InChI is InChI=1S/C14H12Br2F2N2/c15-10-4-2-1-3-8(10)13(20-19)7-9-12(17)6-5-11(16)14(9)18/h1-6,13,20H,7,19H2. The Balaban J connectivity index is 2.37. The predicted molar refractivity (Wildman–Crippen MR) is 82.0 cm³/mol. The Bertz CT molecular complexity index is 620.